The Morgan fingerprint density at radius 3 is 2.43 bits per heavy atom. The summed E-state index contributed by atoms with van der Waals surface area (Å²) >= 11 is 0. The summed E-state index contributed by atoms with van der Waals surface area (Å²) in [5.74, 6) is -1.69. The maximum Gasteiger partial charge on any atom is 0.305 e. The predicted octanol–water partition coefficient (Wildman–Crippen LogP) is 0.969. The van der Waals surface area contributed by atoms with E-state index in [0.29, 0.717) is 11.3 Å². The van der Waals surface area contributed by atoms with Crippen molar-refractivity contribution in [2.45, 2.75) is 6.42 Å². The van der Waals surface area contributed by atoms with Crippen LogP contribution in [0.15, 0.2) is 36.0 Å². The number of rotatable bonds is 6. The third kappa shape index (κ3) is 5.45. The van der Waals surface area contributed by atoms with Crippen LogP contribution in [0.5, 0.6) is 0 Å². The third-order valence-corrected chi connectivity index (χ3v) is 2.39. The number of carboxylic acids is 1. The van der Waals surface area contributed by atoms with Crippen LogP contribution in [0.25, 0.3) is 0 Å². The van der Waals surface area contributed by atoms with Crippen LogP contribution in [0.3, 0.4) is 0 Å². The summed E-state index contributed by atoms with van der Waals surface area (Å²) < 4.78 is 0. The van der Waals surface area contributed by atoms with Crippen molar-refractivity contribution < 1.29 is 14.7 Å². The first kappa shape index (κ1) is 15.7. The number of nitriles is 2. The Kier molecular flexibility index (Phi) is 5.97. The minimum absolute atomic E-state index is 0.0515. The highest BCUT2D eigenvalue weighted by Crippen LogP contribution is 2.09. The van der Waals surface area contributed by atoms with Gasteiger partial charge >= 0.3 is 5.97 Å². The van der Waals surface area contributed by atoms with Crippen molar-refractivity contribution in [2.75, 3.05) is 11.9 Å². The van der Waals surface area contributed by atoms with Crippen LogP contribution in [0.1, 0.15) is 12.0 Å². The Hall–Kier alpha value is -3.32. The standard InChI is InChI=1S/C14H12N4O3/c15-7-10-1-3-12(4-2-10)18-9-11(8-16)14(21)17-6-5-13(19)20/h1-4,9,18H,5-6H2,(H,17,21)(H,19,20)/b11-9-. The Balaban J connectivity index is 2.62. The van der Waals surface area contributed by atoms with E-state index >= 15 is 0 Å². The van der Waals surface area contributed by atoms with Gasteiger partial charge in [-0.1, -0.05) is 0 Å². The van der Waals surface area contributed by atoms with Gasteiger partial charge in [0, 0.05) is 18.4 Å². The van der Waals surface area contributed by atoms with Crippen LogP contribution in [0.4, 0.5) is 5.69 Å². The summed E-state index contributed by atoms with van der Waals surface area (Å²) in [4.78, 5) is 21.9. The van der Waals surface area contributed by atoms with Gasteiger partial charge in [-0.3, -0.25) is 9.59 Å². The van der Waals surface area contributed by atoms with Gasteiger partial charge in [-0.2, -0.15) is 10.5 Å². The number of aliphatic carboxylic acids is 1. The summed E-state index contributed by atoms with van der Waals surface area (Å²) in [5, 5.41) is 31.1. The van der Waals surface area contributed by atoms with E-state index in [1.54, 1.807) is 30.3 Å². The topological polar surface area (TPSA) is 126 Å². The largest absolute Gasteiger partial charge is 0.481 e. The van der Waals surface area contributed by atoms with Crippen LogP contribution >= 0.6 is 0 Å². The Bertz CT molecular complexity index is 636. The quantitative estimate of drug-likeness (QED) is 0.527. The highest BCUT2D eigenvalue weighted by atomic mass is 16.4. The molecule has 106 valence electrons. The van der Waals surface area contributed by atoms with Crippen molar-refractivity contribution in [1.29, 1.82) is 10.5 Å². The van der Waals surface area contributed by atoms with Crippen LogP contribution in [0.2, 0.25) is 0 Å². The zero-order valence-corrected chi connectivity index (χ0v) is 11.0. The second kappa shape index (κ2) is 7.97. The third-order valence-electron chi connectivity index (χ3n) is 2.39. The molecule has 0 spiro atoms. The molecule has 0 aliphatic rings. The summed E-state index contributed by atoms with van der Waals surface area (Å²) in [6.45, 7) is -0.0515. The maximum absolute atomic E-state index is 11.6. The molecule has 7 heteroatoms. The lowest BCUT2D eigenvalue weighted by Crippen LogP contribution is -2.27. The summed E-state index contributed by atoms with van der Waals surface area (Å²) in [6, 6.07) is 10.1. The number of anilines is 1. The summed E-state index contributed by atoms with van der Waals surface area (Å²) in [7, 11) is 0. The molecule has 0 saturated heterocycles. The molecule has 0 unspecified atom stereocenters. The molecule has 21 heavy (non-hydrogen) atoms. The molecule has 3 N–H and O–H groups in total. The predicted molar refractivity (Wildman–Crippen MR) is 73.7 cm³/mol. The fourth-order valence-electron chi connectivity index (χ4n) is 1.32. The molecular weight excluding hydrogens is 272 g/mol. The molecule has 0 aromatic heterocycles. The second-order valence-electron chi connectivity index (χ2n) is 3.90. The summed E-state index contributed by atoms with van der Waals surface area (Å²) in [5.41, 5.74) is 0.932. The molecule has 0 radical (unpaired) electrons. The normalized spacial score (nSPS) is 10.1. The van der Waals surface area contributed by atoms with Crippen molar-refractivity contribution in [3.05, 3.63) is 41.6 Å². The second-order valence-corrected chi connectivity index (χ2v) is 3.90. The number of benzene rings is 1. The van der Waals surface area contributed by atoms with Crippen LogP contribution in [-0.2, 0) is 9.59 Å². The monoisotopic (exact) mass is 284 g/mol. The lowest BCUT2D eigenvalue weighted by Gasteiger charge is -2.04. The fraction of sp³-hybridized carbons (Fsp3) is 0.143. The lowest BCUT2D eigenvalue weighted by atomic mass is 10.2. The van der Waals surface area contributed by atoms with E-state index in [2.05, 4.69) is 10.6 Å². The van der Waals surface area contributed by atoms with Gasteiger partial charge in [-0.15, -0.1) is 0 Å². The van der Waals surface area contributed by atoms with Crippen LogP contribution in [0, 0.1) is 22.7 Å². The van der Waals surface area contributed by atoms with E-state index in [9.17, 15) is 9.59 Å². The smallest absolute Gasteiger partial charge is 0.305 e. The van der Waals surface area contributed by atoms with Gasteiger partial charge in [0.2, 0.25) is 0 Å². The lowest BCUT2D eigenvalue weighted by molar-refractivity contribution is -0.136. The zero-order chi connectivity index (χ0) is 15.7. The van der Waals surface area contributed by atoms with Crippen LogP contribution in [-0.4, -0.2) is 23.5 Å². The van der Waals surface area contributed by atoms with E-state index in [0.717, 1.165) is 0 Å². The van der Waals surface area contributed by atoms with Crippen molar-refractivity contribution in [3.63, 3.8) is 0 Å². The first-order valence-electron chi connectivity index (χ1n) is 5.93. The SMILES string of the molecule is N#C/C(=C/Nc1ccc(C#N)cc1)C(=O)NCCC(=O)O. The molecule has 1 amide bonds. The highest BCUT2D eigenvalue weighted by molar-refractivity contribution is 5.97. The molecule has 0 fully saturated rings. The number of nitrogens with one attached hydrogen (secondary N) is 2. The van der Waals surface area contributed by atoms with E-state index in [1.807, 2.05) is 6.07 Å². The fourth-order valence-corrected chi connectivity index (χ4v) is 1.32. The molecule has 1 aromatic carbocycles. The average Bonchev–Trinajstić information content (AvgIpc) is 2.48. The van der Waals surface area contributed by atoms with E-state index in [1.165, 1.54) is 6.20 Å². The van der Waals surface area contributed by atoms with E-state index in [-0.39, 0.29) is 18.5 Å². The number of carbonyl (C=O) groups excluding carboxylic acids is 1. The van der Waals surface area contributed by atoms with Crippen molar-refractivity contribution >= 4 is 17.6 Å². The summed E-state index contributed by atoms with van der Waals surface area (Å²) in [6.07, 6.45) is 1.00. The van der Waals surface area contributed by atoms with Gasteiger partial charge in [0.1, 0.15) is 11.6 Å². The van der Waals surface area contributed by atoms with E-state index < -0.39 is 11.9 Å². The van der Waals surface area contributed by atoms with Gasteiger partial charge in [0.25, 0.3) is 5.91 Å². The molecule has 1 rings (SSSR count). The molecule has 1 aromatic rings. The molecule has 0 heterocycles. The first-order chi connectivity index (χ1) is 10.1. The minimum Gasteiger partial charge on any atom is -0.481 e. The molecule has 0 atom stereocenters. The van der Waals surface area contributed by atoms with Crippen LogP contribution < -0.4 is 10.6 Å². The number of hydrogen-bond acceptors (Lipinski definition) is 5. The average molecular weight is 284 g/mol. The highest BCUT2D eigenvalue weighted by Gasteiger charge is 2.08. The van der Waals surface area contributed by atoms with Crippen molar-refractivity contribution in [2.24, 2.45) is 0 Å². The molecule has 0 aliphatic heterocycles. The van der Waals surface area contributed by atoms with Crippen molar-refractivity contribution in [1.82, 2.24) is 5.32 Å². The number of nitrogens with zero attached hydrogens (tertiary/aromatic N) is 2. The Morgan fingerprint density at radius 2 is 1.90 bits per heavy atom. The maximum atomic E-state index is 11.6. The van der Waals surface area contributed by atoms with Gasteiger partial charge in [-0.05, 0) is 24.3 Å². The van der Waals surface area contributed by atoms with Crippen molar-refractivity contribution in [3.8, 4) is 12.1 Å². The van der Waals surface area contributed by atoms with Gasteiger partial charge in [0.05, 0.1) is 18.1 Å². The molecule has 0 aliphatic carbocycles. The molecule has 0 saturated carbocycles. The molecule has 7 nitrogen and oxygen atoms in total. The first-order valence-corrected chi connectivity index (χ1v) is 5.93. The molecular formula is C14H12N4O3. The molecule has 0 bridgehead atoms. The zero-order valence-electron chi connectivity index (χ0n) is 11.0. The Morgan fingerprint density at radius 1 is 1.24 bits per heavy atom. The van der Waals surface area contributed by atoms with Gasteiger partial charge < -0.3 is 15.7 Å². The van der Waals surface area contributed by atoms with Gasteiger partial charge in [0.15, 0.2) is 0 Å². The number of carbonyl (C=O) groups is 2. The number of amides is 1. The number of carboxylic acid groups (broad SMARTS) is 1. The number of hydrogen-bond donors (Lipinski definition) is 3. The van der Waals surface area contributed by atoms with E-state index in [4.69, 9.17) is 15.6 Å². The van der Waals surface area contributed by atoms with Gasteiger partial charge in [-0.25, -0.2) is 0 Å². The minimum atomic E-state index is -1.03. The Labute approximate surface area is 121 Å².